The number of nitrogens with zero attached hydrogens (tertiary/aromatic N) is 2. The van der Waals surface area contributed by atoms with Crippen LogP contribution < -0.4 is 11.1 Å². The summed E-state index contributed by atoms with van der Waals surface area (Å²) in [5, 5.41) is 12.9. The molecule has 0 aliphatic carbocycles. The molecule has 7 heteroatoms. The summed E-state index contributed by atoms with van der Waals surface area (Å²) < 4.78 is 0. The van der Waals surface area contributed by atoms with Gasteiger partial charge >= 0.3 is 5.97 Å². The summed E-state index contributed by atoms with van der Waals surface area (Å²) in [7, 11) is 0. The third kappa shape index (κ3) is 3.37. The number of carbonyl (C=O) groups is 2. The van der Waals surface area contributed by atoms with Crippen LogP contribution in [0.3, 0.4) is 0 Å². The van der Waals surface area contributed by atoms with Gasteiger partial charge in [0.25, 0.3) is 0 Å². The van der Waals surface area contributed by atoms with Gasteiger partial charge in [-0.25, -0.2) is 0 Å². The predicted octanol–water partition coefficient (Wildman–Crippen LogP) is 1.18. The summed E-state index contributed by atoms with van der Waals surface area (Å²) >= 11 is 0. The third-order valence-corrected chi connectivity index (χ3v) is 4.26. The Morgan fingerprint density at radius 2 is 2.17 bits per heavy atom. The summed E-state index contributed by atoms with van der Waals surface area (Å²) in [6.07, 6.45) is 0.440. The molecule has 1 unspecified atom stereocenters. The van der Waals surface area contributed by atoms with Crippen LogP contribution in [0, 0.1) is 0 Å². The van der Waals surface area contributed by atoms with E-state index in [1.165, 1.54) is 6.92 Å². The number of carbonyl (C=O) groups excluding carboxylic acids is 1. The van der Waals surface area contributed by atoms with Gasteiger partial charge in [-0.15, -0.1) is 0 Å². The molecule has 0 radical (unpaired) electrons. The predicted molar refractivity (Wildman–Crippen MR) is 90.5 cm³/mol. The maximum atomic E-state index is 11.2. The van der Waals surface area contributed by atoms with Crippen LogP contribution in [-0.2, 0) is 16.1 Å². The fraction of sp³-hybridized carbons (Fsp3) is 0.353. The first-order chi connectivity index (χ1) is 11.4. The van der Waals surface area contributed by atoms with Crippen LogP contribution in [0.2, 0.25) is 0 Å². The maximum Gasteiger partial charge on any atom is 0.325 e. The van der Waals surface area contributed by atoms with E-state index in [-0.39, 0.29) is 5.91 Å². The van der Waals surface area contributed by atoms with Crippen molar-refractivity contribution in [2.24, 2.45) is 5.73 Å². The van der Waals surface area contributed by atoms with Gasteiger partial charge in [0.05, 0.1) is 11.2 Å². The third-order valence-electron chi connectivity index (χ3n) is 4.26. The van der Waals surface area contributed by atoms with Gasteiger partial charge in [-0.2, -0.15) is 0 Å². The Bertz CT molecular complexity index is 808. The van der Waals surface area contributed by atoms with Gasteiger partial charge in [-0.1, -0.05) is 6.07 Å². The molecular formula is C17H20N4O3. The first kappa shape index (κ1) is 16.4. The summed E-state index contributed by atoms with van der Waals surface area (Å²) in [6, 6.07) is 9.41. The number of hydrogen-bond donors (Lipinski definition) is 3. The number of amides is 1. The van der Waals surface area contributed by atoms with E-state index in [0.717, 1.165) is 22.3 Å². The highest BCUT2D eigenvalue weighted by molar-refractivity contribution is 5.92. The molecule has 1 atom stereocenters. The number of nitrogens with two attached hydrogens (primary N) is 1. The van der Waals surface area contributed by atoms with Crippen molar-refractivity contribution in [3.63, 3.8) is 0 Å². The van der Waals surface area contributed by atoms with Crippen LogP contribution in [0.4, 0.5) is 5.69 Å². The monoisotopic (exact) mass is 328 g/mol. The number of rotatable bonds is 4. The molecule has 0 spiro atoms. The number of nitrogens with one attached hydrogen (secondary N) is 1. The van der Waals surface area contributed by atoms with Crippen molar-refractivity contribution in [2.75, 3.05) is 18.4 Å². The van der Waals surface area contributed by atoms with E-state index in [4.69, 9.17) is 5.73 Å². The number of carboxylic acid groups (broad SMARTS) is 1. The highest BCUT2D eigenvalue weighted by atomic mass is 16.4. The number of aliphatic carboxylic acids is 1. The van der Waals surface area contributed by atoms with Crippen LogP contribution in [0.25, 0.3) is 10.9 Å². The fourth-order valence-corrected chi connectivity index (χ4v) is 2.99. The van der Waals surface area contributed by atoms with Crippen molar-refractivity contribution in [3.05, 3.63) is 36.0 Å². The average molecular weight is 328 g/mol. The van der Waals surface area contributed by atoms with Crippen LogP contribution in [0.1, 0.15) is 19.0 Å². The topological polar surface area (TPSA) is 109 Å². The maximum absolute atomic E-state index is 11.2. The van der Waals surface area contributed by atoms with Crippen molar-refractivity contribution in [2.45, 2.75) is 25.4 Å². The van der Waals surface area contributed by atoms with Crippen LogP contribution in [-0.4, -0.2) is 45.5 Å². The molecule has 2 heterocycles. The zero-order chi connectivity index (χ0) is 17.3. The Hall–Kier alpha value is -2.51. The Labute approximate surface area is 139 Å². The van der Waals surface area contributed by atoms with E-state index in [2.05, 4.69) is 10.3 Å². The Balaban J connectivity index is 1.75. The number of benzene rings is 1. The SMILES string of the molecule is CC(=O)Nc1ccc2nc(CN3CCC(N)(C(=O)O)C3)ccc2c1. The number of anilines is 1. The van der Waals surface area contributed by atoms with E-state index < -0.39 is 11.5 Å². The second kappa shape index (κ2) is 6.18. The van der Waals surface area contributed by atoms with Gasteiger partial charge in [0, 0.05) is 37.6 Å². The summed E-state index contributed by atoms with van der Waals surface area (Å²) in [4.78, 5) is 28.9. The molecule has 0 bridgehead atoms. The Kier molecular flexibility index (Phi) is 4.21. The van der Waals surface area contributed by atoms with Crippen molar-refractivity contribution in [1.29, 1.82) is 0 Å². The van der Waals surface area contributed by atoms with Gasteiger partial charge in [-0.05, 0) is 30.7 Å². The highest BCUT2D eigenvalue weighted by Gasteiger charge is 2.41. The van der Waals surface area contributed by atoms with Crippen LogP contribution in [0.15, 0.2) is 30.3 Å². The lowest BCUT2D eigenvalue weighted by Crippen LogP contribution is -2.50. The van der Waals surface area contributed by atoms with E-state index in [0.29, 0.717) is 26.1 Å². The molecular weight excluding hydrogens is 308 g/mol. The zero-order valence-electron chi connectivity index (χ0n) is 13.5. The molecule has 1 fully saturated rings. The number of carboxylic acids is 1. The normalized spacial score (nSPS) is 21.1. The average Bonchev–Trinajstić information content (AvgIpc) is 2.89. The van der Waals surface area contributed by atoms with Crippen molar-refractivity contribution >= 4 is 28.5 Å². The minimum absolute atomic E-state index is 0.114. The lowest BCUT2D eigenvalue weighted by molar-refractivity contribution is -0.142. The molecule has 126 valence electrons. The number of aromatic nitrogens is 1. The van der Waals surface area contributed by atoms with E-state index in [1.54, 1.807) is 0 Å². The second-order valence-electron chi connectivity index (χ2n) is 6.31. The molecule has 1 aliphatic heterocycles. The molecule has 2 aromatic rings. The number of hydrogen-bond acceptors (Lipinski definition) is 5. The largest absolute Gasteiger partial charge is 0.480 e. The number of likely N-dealkylation sites (tertiary alicyclic amines) is 1. The van der Waals surface area contributed by atoms with Gasteiger partial charge in [0.2, 0.25) is 5.91 Å². The lowest BCUT2D eigenvalue weighted by Gasteiger charge is -2.19. The molecule has 7 nitrogen and oxygen atoms in total. The van der Waals surface area contributed by atoms with E-state index in [1.807, 2.05) is 35.2 Å². The second-order valence-corrected chi connectivity index (χ2v) is 6.31. The Morgan fingerprint density at radius 3 is 2.83 bits per heavy atom. The van der Waals surface area contributed by atoms with Gasteiger partial charge in [0.15, 0.2) is 0 Å². The molecule has 1 amide bonds. The Morgan fingerprint density at radius 1 is 1.38 bits per heavy atom. The molecule has 24 heavy (non-hydrogen) atoms. The summed E-state index contributed by atoms with van der Waals surface area (Å²) in [5.41, 5.74) is 7.17. The molecule has 1 aliphatic rings. The fourth-order valence-electron chi connectivity index (χ4n) is 2.99. The zero-order valence-corrected chi connectivity index (χ0v) is 13.5. The van der Waals surface area contributed by atoms with Crippen molar-refractivity contribution in [1.82, 2.24) is 9.88 Å². The first-order valence-electron chi connectivity index (χ1n) is 7.78. The molecule has 3 rings (SSSR count). The molecule has 0 saturated carbocycles. The first-order valence-corrected chi connectivity index (χ1v) is 7.78. The molecule has 4 N–H and O–H groups in total. The van der Waals surface area contributed by atoms with Gasteiger partial charge in [0.1, 0.15) is 5.54 Å². The van der Waals surface area contributed by atoms with Crippen LogP contribution >= 0.6 is 0 Å². The molecule has 1 saturated heterocycles. The standard InChI is InChI=1S/C17H20N4O3/c1-11(22)19-13-4-5-15-12(8-13)2-3-14(20-15)9-21-7-6-17(18,10-21)16(23)24/h2-5,8H,6-7,9-10,18H2,1H3,(H,19,22)(H,23,24). The number of pyridine rings is 1. The minimum Gasteiger partial charge on any atom is -0.480 e. The summed E-state index contributed by atoms with van der Waals surface area (Å²) in [6.45, 7) is 3.00. The van der Waals surface area contributed by atoms with Crippen molar-refractivity contribution < 1.29 is 14.7 Å². The highest BCUT2D eigenvalue weighted by Crippen LogP contribution is 2.22. The summed E-state index contributed by atoms with van der Waals surface area (Å²) in [5.74, 6) is -1.07. The van der Waals surface area contributed by atoms with Crippen LogP contribution in [0.5, 0.6) is 0 Å². The quantitative estimate of drug-likeness (QED) is 0.778. The van der Waals surface area contributed by atoms with E-state index in [9.17, 15) is 14.7 Å². The van der Waals surface area contributed by atoms with E-state index >= 15 is 0 Å². The van der Waals surface area contributed by atoms with Crippen molar-refractivity contribution in [3.8, 4) is 0 Å². The number of fused-ring (bicyclic) bond motifs is 1. The minimum atomic E-state index is -1.16. The van der Waals surface area contributed by atoms with Gasteiger partial charge < -0.3 is 16.2 Å². The smallest absolute Gasteiger partial charge is 0.325 e. The molecule has 1 aromatic heterocycles. The lowest BCUT2D eigenvalue weighted by atomic mass is 10.0. The van der Waals surface area contributed by atoms with Gasteiger partial charge in [-0.3, -0.25) is 19.5 Å². The molecule has 1 aromatic carbocycles.